The van der Waals surface area contributed by atoms with Crippen molar-refractivity contribution in [3.05, 3.63) is 51.5 Å². The molecule has 116 valence electrons. The van der Waals surface area contributed by atoms with Crippen molar-refractivity contribution < 1.29 is 4.79 Å². The molecule has 1 aliphatic carbocycles. The van der Waals surface area contributed by atoms with Crippen LogP contribution in [0.3, 0.4) is 0 Å². The van der Waals surface area contributed by atoms with E-state index in [0.717, 1.165) is 30.0 Å². The van der Waals surface area contributed by atoms with Crippen molar-refractivity contribution in [2.45, 2.75) is 45.2 Å². The number of benzene rings is 1. The Balaban J connectivity index is 1.57. The monoisotopic (exact) mass is 315 g/mol. The fourth-order valence-electron chi connectivity index (χ4n) is 2.92. The highest BCUT2D eigenvalue weighted by molar-refractivity contribution is 7.09. The predicted octanol–water partition coefficient (Wildman–Crippen LogP) is 3.37. The maximum atomic E-state index is 12.3. The number of aryl methyl sites for hydroxylation is 1. The Labute approximate surface area is 135 Å². The van der Waals surface area contributed by atoms with Gasteiger partial charge in [-0.3, -0.25) is 0 Å². The first-order chi connectivity index (χ1) is 10.7. The third kappa shape index (κ3) is 3.30. The van der Waals surface area contributed by atoms with E-state index in [1.165, 1.54) is 11.1 Å². The van der Waals surface area contributed by atoms with Crippen LogP contribution in [0, 0.1) is 6.92 Å². The molecule has 22 heavy (non-hydrogen) atoms. The van der Waals surface area contributed by atoms with Gasteiger partial charge >= 0.3 is 6.03 Å². The highest BCUT2D eigenvalue weighted by atomic mass is 32.1. The summed E-state index contributed by atoms with van der Waals surface area (Å²) in [6.07, 6.45) is 2.67. The van der Waals surface area contributed by atoms with E-state index in [0.29, 0.717) is 0 Å². The van der Waals surface area contributed by atoms with Crippen LogP contribution in [0.25, 0.3) is 0 Å². The predicted molar refractivity (Wildman–Crippen MR) is 89.2 cm³/mol. The van der Waals surface area contributed by atoms with Crippen molar-refractivity contribution in [2.75, 3.05) is 0 Å². The molecule has 0 unspecified atom stereocenters. The molecule has 5 heteroatoms. The van der Waals surface area contributed by atoms with Crippen molar-refractivity contribution in [1.29, 1.82) is 0 Å². The molecule has 0 saturated heterocycles. The summed E-state index contributed by atoms with van der Waals surface area (Å²) in [5.74, 6) is 0. The minimum atomic E-state index is -0.0995. The maximum Gasteiger partial charge on any atom is 0.315 e. The molecule has 2 aromatic rings. The average Bonchev–Trinajstić information content (AvgIpc) is 3.10. The first kappa shape index (κ1) is 15.0. The third-order valence-electron chi connectivity index (χ3n) is 4.03. The first-order valence-electron chi connectivity index (χ1n) is 7.71. The molecule has 1 aromatic heterocycles. The fraction of sp³-hybridized carbons (Fsp3) is 0.412. The largest absolute Gasteiger partial charge is 0.335 e. The van der Waals surface area contributed by atoms with Crippen molar-refractivity contribution >= 4 is 17.4 Å². The molecule has 0 bridgehead atoms. The molecule has 1 heterocycles. The summed E-state index contributed by atoms with van der Waals surface area (Å²) in [4.78, 5) is 16.7. The van der Waals surface area contributed by atoms with E-state index in [-0.39, 0.29) is 18.1 Å². The average molecular weight is 315 g/mol. The van der Waals surface area contributed by atoms with E-state index in [1.807, 2.05) is 12.3 Å². The summed E-state index contributed by atoms with van der Waals surface area (Å²) in [7, 11) is 0. The number of nitrogens with one attached hydrogen (secondary N) is 2. The number of urea groups is 1. The lowest BCUT2D eigenvalue weighted by Gasteiger charge is -2.18. The van der Waals surface area contributed by atoms with Crippen LogP contribution in [0.2, 0.25) is 0 Å². The van der Waals surface area contributed by atoms with Crippen LogP contribution < -0.4 is 10.6 Å². The van der Waals surface area contributed by atoms with Gasteiger partial charge in [0.1, 0.15) is 5.01 Å². The number of hydrogen-bond donors (Lipinski definition) is 2. The van der Waals surface area contributed by atoms with Crippen molar-refractivity contribution in [3.63, 3.8) is 0 Å². The number of amides is 2. The summed E-state index contributed by atoms with van der Waals surface area (Å²) in [5, 5.41) is 9.14. The van der Waals surface area contributed by atoms with E-state index in [4.69, 9.17) is 0 Å². The number of rotatable bonds is 4. The second kappa shape index (κ2) is 6.48. The van der Waals surface area contributed by atoms with Gasteiger partial charge in [-0.25, -0.2) is 9.78 Å². The maximum absolute atomic E-state index is 12.3. The second-order valence-electron chi connectivity index (χ2n) is 5.78. The number of nitrogens with zero attached hydrogens (tertiary/aromatic N) is 1. The molecule has 3 rings (SSSR count). The quantitative estimate of drug-likeness (QED) is 0.909. The molecule has 1 atom stereocenters. The highest BCUT2D eigenvalue weighted by Crippen LogP contribution is 2.23. The normalized spacial score (nSPS) is 15.4. The Morgan fingerprint density at radius 3 is 2.59 bits per heavy atom. The highest BCUT2D eigenvalue weighted by Gasteiger charge is 2.23. The van der Waals surface area contributed by atoms with Gasteiger partial charge in [-0.05, 0) is 37.3 Å². The molecule has 2 amide bonds. The molecule has 0 aliphatic heterocycles. The summed E-state index contributed by atoms with van der Waals surface area (Å²) in [6, 6.07) is 8.47. The molecule has 1 aromatic carbocycles. The Hall–Kier alpha value is -1.88. The smallest absolute Gasteiger partial charge is 0.315 e. The van der Waals surface area contributed by atoms with Gasteiger partial charge in [0.05, 0.1) is 6.04 Å². The first-order valence-corrected chi connectivity index (χ1v) is 8.59. The Morgan fingerprint density at radius 2 is 2.05 bits per heavy atom. The van der Waals surface area contributed by atoms with Crippen molar-refractivity contribution in [3.8, 4) is 0 Å². The zero-order valence-electron chi connectivity index (χ0n) is 12.9. The molecule has 2 N–H and O–H groups in total. The number of fused-ring (bicyclic) bond motifs is 1. The third-order valence-corrected chi connectivity index (χ3v) is 5.11. The zero-order chi connectivity index (χ0) is 15.5. The van der Waals surface area contributed by atoms with Gasteiger partial charge in [-0.2, -0.15) is 0 Å². The van der Waals surface area contributed by atoms with Crippen LogP contribution in [0.4, 0.5) is 4.79 Å². The van der Waals surface area contributed by atoms with Gasteiger partial charge in [-0.15, -0.1) is 11.3 Å². The van der Waals surface area contributed by atoms with Gasteiger partial charge in [-0.1, -0.05) is 31.2 Å². The van der Waals surface area contributed by atoms with E-state index in [9.17, 15) is 4.79 Å². The van der Waals surface area contributed by atoms with Gasteiger partial charge in [0.15, 0.2) is 0 Å². The summed E-state index contributed by atoms with van der Waals surface area (Å²) in [5.41, 5.74) is 3.69. The number of carbonyl (C=O) groups is 1. The Morgan fingerprint density at radius 1 is 1.36 bits per heavy atom. The van der Waals surface area contributed by atoms with Gasteiger partial charge in [0.2, 0.25) is 0 Å². The molecule has 1 aliphatic rings. The lowest BCUT2D eigenvalue weighted by Crippen LogP contribution is -2.43. The Kier molecular flexibility index (Phi) is 4.43. The SMILES string of the molecule is CC[C@@H](NC(=O)NC1Cc2ccccc2C1)c1nc(C)cs1. The zero-order valence-corrected chi connectivity index (χ0v) is 13.7. The molecule has 0 spiro atoms. The van der Waals surface area contributed by atoms with Crippen LogP contribution in [0.15, 0.2) is 29.6 Å². The number of thiazole rings is 1. The van der Waals surface area contributed by atoms with Gasteiger partial charge < -0.3 is 10.6 Å². The molecule has 0 fully saturated rings. The summed E-state index contributed by atoms with van der Waals surface area (Å²) < 4.78 is 0. The molecule has 4 nitrogen and oxygen atoms in total. The number of aromatic nitrogens is 1. The van der Waals surface area contributed by atoms with Crippen LogP contribution in [0.5, 0.6) is 0 Å². The van der Waals surface area contributed by atoms with E-state index in [1.54, 1.807) is 11.3 Å². The Bertz CT molecular complexity index is 642. The minimum Gasteiger partial charge on any atom is -0.335 e. The van der Waals surface area contributed by atoms with Crippen molar-refractivity contribution in [1.82, 2.24) is 15.6 Å². The van der Waals surface area contributed by atoms with Crippen molar-refractivity contribution in [2.24, 2.45) is 0 Å². The van der Waals surface area contributed by atoms with Crippen LogP contribution in [-0.2, 0) is 12.8 Å². The summed E-state index contributed by atoms with van der Waals surface area (Å²) >= 11 is 1.60. The van der Waals surface area contributed by atoms with E-state index < -0.39 is 0 Å². The summed E-state index contributed by atoms with van der Waals surface area (Å²) in [6.45, 7) is 4.04. The van der Waals surface area contributed by atoms with Gasteiger partial charge in [0, 0.05) is 17.1 Å². The lowest BCUT2D eigenvalue weighted by molar-refractivity contribution is 0.233. The number of hydrogen-bond acceptors (Lipinski definition) is 3. The molecular formula is C17H21N3OS. The van der Waals surface area contributed by atoms with E-state index >= 15 is 0 Å². The van der Waals surface area contributed by atoms with Crippen LogP contribution in [0.1, 0.15) is 41.2 Å². The van der Waals surface area contributed by atoms with Crippen LogP contribution >= 0.6 is 11.3 Å². The second-order valence-corrected chi connectivity index (χ2v) is 6.67. The van der Waals surface area contributed by atoms with Crippen LogP contribution in [-0.4, -0.2) is 17.1 Å². The van der Waals surface area contributed by atoms with E-state index in [2.05, 4.69) is 46.8 Å². The molecule has 0 radical (unpaired) electrons. The number of carbonyl (C=O) groups excluding carboxylic acids is 1. The topological polar surface area (TPSA) is 54.0 Å². The minimum absolute atomic E-state index is 0.0116. The molecular weight excluding hydrogens is 294 g/mol. The standard InChI is InChI=1S/C17H21N3OS/c1-3-15(16-18-11(2)10-22-16)20-17(21)19-14-8-12-6-4-5-7-13(12)9-14/h4-7,10,14-15H,3,8-9H2,1-2H3,(H2,19,20,21)/t15-/m1/s1. The molecule has 0 saturated carbocycles. The lowest BCUT2D eigenvalue weighted by atomic mass is 10.1. The fourth-order valence-corrected chi connectivity index (χ4v) is 3.85. The van der Waals surface area contributed by atoms with Gasteiger partial charge in [0.25, 0.3) is 0 Å².